The number of carbonyl (C=O) groups is 1. The topological polar surface area (TPSA) is 71.5 Å². The van der Waals surface area contributed by atoms with E-state index in [1.807, 2.05) is 12.1 Å². The number of nitrogens with zero attached hydrogens (tertiary/aromatic N) is 1. The first-order valence-electron chi connectivity index (χ1n) is 6.32. The largest absolute Gasteiger partial charge is 0.505 e. The van der Waals surface area contributed by atoms with Crippen molar-refractivity contribution >= 4 is 49.9 Å². The van der Waals surface area contributed by atoms with E-state index in [0.29, 0.717) is 15.8 Å². The Morgan fingerprint density at radius 3 is 2.95 bits per heavy atom. The van der Waals surface area contributed by atoms with E-state index in [0.717, 1.165) is 10.2 Å². The Morgan fingerprint density at radius 1 is 1.36 bits per heavy atom. The summed E-state index contributed by atoms with van der Waals surface area (Å²) in [4.78, 5) is 16.0. The van der Waals surface area contributed by atoms with Gasteiger partial charge in [0.25, 0.3) is 0 Å². The molecule has 0 atom stereocenters. The van der Waals surface area contributed by atoms with Crippen molar-refractivity contribution < 1.29 is 14.6 Å². The zero-order valence-electron chi connectivity index (χ0n) is 11.5. The van der Waals surface area contributed by atoms with Crippen LogP contribution in [0.3, 0.4) is 0 Å². The molecule has 0 amide bonds. The molecule has 1 aromatic heterocycles. The molecule has 2 N–H and O–H groups in total. The Bertz CT molecular complexity index is 863. The maximum atomic E-state index is 11.6. The molecule has 2 aromatic carbocycles. The summed E-state index contributed by atoms with van der Waals surface area (Å²) in [7, 11) is 1.26. The maximum Gasteiger partial charge on any atom is 0.341 e. The second-order valence-corrected chi connectivity index (χ2v) is 5.92. The molecule has 112 valence electrons. The van der Waals surface area contributed by atoms with E-state index in [9.17, 15) is 9.90 Å². The summed E-state index contributed by atoms with van der Waals surface area (Å²) in [6, 6.07) is 10.2. The molecule has 0 aliphatic rings. The Morgan fingerprint density at radius 2 is 2.18 bits per heavy atom. The Labute approximate surface area is 135 Å². The van der Waals surface area contributed by atoms with E-state index in [2.05, 4.69) is 15.0 Å². The number of thiazole rings is 1. The monoisotopic (exact) mass is 334 g/mol. The van der Waals surface area contributed by atoms with Gasteiger partial charge in [-0.2, -0.15) is 0 Å². The van der Waals surface area contributed by atoms with Crippen molar-refractivity contribution in [2.24, 2.45) is 0 Å². The van der Waals surface area contributed by atoms with Gasteiger partial charge in [-0.05, 0) is 30.3 Å². The van der Waals surface area contributed by atoms with Crippen molar-refractivity contribution in [3.8, 4) is 5.75 Å². The first kappa shape index (κ1) is 14.6. The van der Waals surface area contributed by atoms with Gasteiger partial charge in [0, 0.05) is 5.02 Å². The quantitative estimate of drug-likeness (QED) is 0.555. The lowest BCUT2D eigenvalue weighted by atomic mass is 10.1. The van der Waals surface area contributed by atoms with Crippen LogP contribution in [0.1, 0.15) is 10.4 Å². The fourth-order valence-electron chi connectivity index (χ4n) is 1.99. The fourth-order valence-corrected chi connectivity index (χ4v) is 3.14. The van der Waals surface area contributed by atoms with Gasteiger partial charge in [-0.25, -0.2) is 9.78 Å². The van der Waals surface area contributed by atoms with E-state index in [1.54, 1.807) is 18.2 Å². The van der Waals surface area contributed by atoms with Crippen LogP contribution in [0.5, 0.6) is 5.75 Å². The number of benzene rings is 2. The molecule has 0 spiro atoms. The number of fused-ring (bicyclic) bond motifs is 1. The number of nitrogens with one attached hydrogen (secondary N) is 1. The Hall–Kier alpha value is -2.31. The third-order valence-corrected chi connectivity index (χ3v) is 4.20. The van der Waals surface area contributed by atoms with E-state index in [1.165, 1.54) is 24.5 Å². The zero-order chi connectivity index (χ0) is 15.7. The number of ether oxygens (including phenoxy) is 1. The second-order valence-electron chi connectivity index (χ2n) is 4.45. The molecule has 0 radical (unpaired) electrons. The normalized spacial score (nSPS) is 10.6. The molecule has 3 aromatic rings. The third kappa shape index (κ3) is 2.70. The molecule has 0 fully saturated rings. The lowest BCUT2D eigenvalue weighted by Gasteiger charge is -2.08. The highest BCUT2D eigenvalue weighted by molar-refractivity contribution is 7.22. The molecule has 22 heavy (non-hydrogen) atoms. The van der Waals surface area contributed by atoms with Gasteiger partial charge in [0.1, 0.15) is 5.56 Å². The number of para-hydroxylation sites is 1. The number of phenols is 1. The maximum absolute atomic E-state index is 11.6. The number of rotatable bonds is 3. The molecule has 7 heteroatoms. The number of methoxy groups -OCH3 is 1. The van der Waals surface area contributed by atoms with Crippen molar-refractivity contribution in [2.45, 2.75) is 0 Å². The van der Waals surface area contributed by atoms with E-state index in [4.69, 9.17) is 11.6 Å². The number of aromatic hydroxyl groups is 1. The van der Waals surface area contributed by atoms with Crippen molar-refractivity contribution in [3.63, 3.8) is 0 Å². The van der Waals surface area contributed by atoms with Gasteiger partial charge >= 0.3 is 5.97 Å². The summed E-state index contributed by atoms with van der Waals surface area (Å²) in [5, 5.41) is 14.4. The zero-order valence-corrected chi connectivity index (χ0v) is 13.0. The SMILES string of the molecule is COC(=O)c1cccc(Nc2nc3ccc(Cl)cc3s2)c1O. The van der Waals surface area contributed by atoms with Gasteiger partial charge in [0.2, 0.25) is 0 Å². The second kappa shape index (κ2) is 5.82. The average Bonchev–Trinajstić information content (AvgIpc) is 2.90. The van der Waals surface area contributed by atoms with Crippen LogP contribution < -0.4 is 5.32 Å². The van der Waals surface area contributed by atoms with Crippen LogP contribution in [-0.2, 0) is 4.74 Å². The number of halogens is 1. The highest BCUT2D eigenvalue weighted by Crippen LogP contribution is 2.34. The molecule has 0 aliphatic heterocycles. The van der Waals surface area contributed by atoms with Crippen molar-refractivity contribution in [2.75, 3.05) is 12.4 Å². The van der Waals surface area contributed by atoms with Gasteiger partial charge in [-0.1, -0.05) is 29.0 Å². The minimum Gasteiger partial charge on any atom is -0.505 e. The number of anilines is 2. The van der Waals surface area contributed by atoms with Gasteiger partial charge in [-0.15, -0.1) is 0 Å². The highest BCUT2D eigenvalue weighted by atomic mass is 35.5. The summed E-state index contributed by atoms with van der Waals surface area (Å²) in [5.41, 5.74) is 1.28. The third-order valence-electron chi connectivity index (χ3n) is 3.03. The molecule has 0 aliphatic carbocycles. The minimum atomic E-state index is -0.600. The molecule has 0 unspecified atom stereocenters. The molecular formula is C15H11ClN2O3S. The molecule has 0 saturated carbocycles. The van der Waals surface area contributed by atoms with Crippen LogP contribution in [0.15, 0.2) is 36.4 Å². The molecular weight excluding hydrogens is 324 g/mol. The summed E-state index contributed by atoms with van der Waals surface area (Å²) in [6.45, 7) is 0. The van der Waals surface area contributed by atoms with E-state index in [-0.39, 0.29) is 11.3 Å². The number of esters is 1. The predicted molar refractivity (Wildman–Crippen MR) is 87.4 cm³/mol. The highest BCUT2D eigenvalue weighted by Gasteiger charge is 2.15. The molecule has 1 heterocycles. The first-order valence-corrected chi connectivity index (χ1v) is 7.51. The number of phenolic OH excluding ortho intramolecular Hbond substituents is 1. The van der Waals surface area contributed by atoms with Crippen LogP contribution in [0, 0.1) is 0 Å². The van der Waals surface area contributed by atoms with Crippen LogP contribution >= 0.6 is 22.9 Å². The van der Waals surface area contributed by atoms with Gasteiger partial charge in [-0.3, -0.25) is 0 Å². The number of hydrogen-bond acceptors (Lipinski definition) is 6. The lowest BCUT2D eigenvalue weighted by molar-refractivity contribution is 0.0597. The van der Waals surface area contributed by atoms with Crippen LogP contribution in [-0.4, -0.2) is 23.2 Å². The van der Waals surface area contributed by atoms with Crippen LogP contribution in [0.4, 0.5) is 10.8 Å². The summed E-state index contributed by atoms with van der Waals surface area (Å²) in [5.74, 6) is -0.774. The number of hydrogen-bond donors (Lipinski definition) is 2. The van der Waals surface area contributed by atoms with Crippen LogP contribution in [0.25, 0.3) is 10.2 Å². The Balaban J connectivity index is 1.96. The summed E-state index contributed by atoms with van der Waals surface area (Å²) < 4.78 is 5.56. The standard InChI is InChI=1S/C15H11ClN2O3S/c1-21-14(20)9-3-2-4-11(13(9)19)18-15-17-10-6-5-8(16)7-12(10)22-15/h2-7,19H,1H3,(H,17,18). The van der Waals surface area contributed by atoms with Crippen molar-refractivity contribution in [3.05, 3.63) is 47.0 Å². The molecule has 0 bridgehead atoms. The van der Waals surface area contributed by atoms with Crippen molar-refractivity contribution in [1.29, 1.82) is 0 Å². The summed E-state index contributed by atoms with van der Waals surface area (Å²) in [6.07, 6.45) is 0. The van der Waals surface area contributed by atoms with Gasteiger partial charge < -0.3 is 15.2 Å². The molecule has 5 nitrogen and oxygen atoms in total. The number of aromatic nitrogens is 1. The average molecular weight is 335 g/mol. The molecule has 0 saturated heterocycles. The van der Waals surface area contributed by atoms with E-state index >= 15 is 0 Å². The first-order chi connectivity index (χ1) is 10.6. The fraction of sp³-hybridized carbons (Fsp3) is 0.0667. The van der Waals surface area contributed by atoms with Crippen LogP contribution in [0.2, 0.25) is 5.02 Å². The lowest BCUT2D eigenvalue weighted by Crippen LogP contribution is -2.02. The number of carbonyl (C=O) groups excluding carboxylic acids is 1. The minimum absolute atomic E-state index is 0.0941. The van der Waals surface area contributed by atoms with Crippen molar-refractivity contribution in [1.82, 2.24) is 4.98 Å². The predicted octanol–water partition coefficient (Wildman–Crippen LogP) is 4.19. The van der Waals surface area contributed by atoms with Gasteiger partial charge in [0.05, 0.1) is 23.0 Å². The molecule has 3 rings (SSSR count). The Kier molecular flexibility index (Phi) is 3.87. The smallest absolute Gasteiger partial charge is 0.341 e. The van der Waals surface area contributed by atoms with Gasteiger partial charge in [0.15, 0.2) is 10.9 Å². The summed E-state index contributed by atoms with van der Waals surface area (Å²) >= 11 is 7.35. The van der Waals surface area contributed by atoms with E-state index < -0.39 is 5.97 Å².